The highest BCUT2D eigenvalue weighted by Crippen LogP contribution is 2.04. The number of rotatable bonds is 5. The van der Waals surface area contributed by atoms with Gasteiger partial charge in [0.15, 0.2) is 0 Å². The van der Waals surface area contributed by atoms with Crippen LogP contribution < -0.4 is 5.32 Å². The average molecular weight is 267 g/mol. The fourth-order valence-electron chi connectivity index (χ4n) is 1.73. The minimum Gasteiger partial charge on any atom is -0.477 e. The number of nitriles is 1. The van der Waals surface area contributed by atoms with Crippen LogP contribution in [0.3, 0.4) is 0 Å². The monoisotopic (exact) mass is 267 g/mol. The van der Waals surface area contributed by atoms with Gasteiger partial charge in [-0.3, -0.25) is 0 Å². The van der Waals surface area contributed by atoms with Gasteiger partial charge >= 0.3 is 5.97 Å². The van der Waals surface area contributed by atoms with E-state index in [1.165, 1.54) is 6.07 Å². The molecule has 0 unspecified atom stereocenters. The Kier molecular flexibility index (Phi) is 4.43. The van der Waals surface area contributed by atoms with Crippen LogP contribution in [0.5, 0.6) is 0 Å². The van der Waals surface area contributed by atoms with E-state index in [0.717, 1.165) is 5.56 Å². The van der Waals surface area contributed by atoms with Crippen molar-refractivity contribution in [3.63, 3.8) is 0 Å². The molecule has 20 heavy (non-hydrogen) atoms. The molecule has 1 aromatic heterocycles. The zero-order valence-electron chi connectivity index (χ0n) is 10.7. The fourth-order valence-corrected chi connectivity index (χ4v) is 1.73. The van der Waals surface area contributed by atoms with Crippen LogP contribution in [0.15, 0.2) is 42.5 Å². The largest absolute Gasteiger partial charge is 0.477 e. The summed E-state index contributed by atoms with van der Waals surface area (Å²) in [5.41, 5.74) is 2.41. The van der Waals surface area contributed by atoms with E-state index < -0.39 is 5.97 Å². The third kappa shape index (κ3) is 3.64. The molecular formula is C15H13N3O2. The third-order valence-electron chi connectivity index (χ3n) is 2.74. The zero-order valence-corrected chi connectivity index (χ0v) is 10.7. The smallest absolute Gasteiger partial charge is 0.354 e. The molecule has 1 heterocycles. The Morgan fingerprint density at radius 3 is 2.60 bits per heavy atom. The van der Waals surface area contributed by atoms with Crippen molar-refractivity contribution in [2.75, 3.05) is 0 Å². The Morgan fingerprint density at radius 1 is 1.20 bits per heavy atom. The normalized spacial score (nSPS) is 9.95. The molecule has 0 aliphatic carbocycles. The topological polar surface area (TPSA) is 86.0 Å². The van der Waals surface area contributed by atoms with Crippen LogP contribution in [0.25, 0.3) is 0 Å². The standard InChI is InChI=1S/C15H13N3O2/c16-8-11-4-6-12(7-5-11)9-17-10-13-2-1-3-14(18-13)15(19)20/h1-7,17H,9-10H2,(H,19,20). The second-order valence-corrected chi connectivity index (χ2v) is 4.23. The van der Waals surface area contributed by atoms with Gasteiger partial charge in [-0.15, -0.1) is 0 Å². The molecule has 2 aromatic rings. The maximum Gasteiger partial charge on any atom is 0.354 e. The van der Waals surface area contributed by atoms with E-state index in [1.807, 2.05) is 12.1 Å². The maximum atomic E-state index is 10.8. The van der Waals surface area contributed by atoms with Crippen molar-refractivity contribution in [2.45, 2.75) is 13.1 Å². The lowest BCUT2D eigenvalue weighted by Crippen LogP contribution is -2.14. The molecule has 0 bridgehead atoms. The number of hydrogen-bond donors (Lipinski definition) is 2. The fraction of sp³-hybridized carbons (Fsp3) is 0.133. The molecule has 0 amide bonds. The maximum absolute atomic E-state index is 10.8. The highest BCUT2D eigenvalue weighted by atomic mass is 16.4. The number of carboxylic acids is 1. The molecule has 2 N–H and O–H groups in total. The minimum absolute atomic E-state index is 0.0441. The van der Waals surface area contributed by atoms with Gasteiger partial charge in [0.25, 0.3) is 0 Å². The second kappa shape index (κ2) is 6.45. The van der Waals surface area contributed by atoms with Crippen LogP contribution in [0.1, 0.15) is 27.3 Å². The molecule has 5 nitrogen and oxygen atoms in total. The number of hydrogen-bond acceptors (Lipinski definition) is 4. The van der Waals surface area contributed by atoms with Crippen molar-refractivity contribution in [2.24, 2.45) is 0 Å². The van der Waals surface area contributed by atoms with E-state index in [9.17, 15) is 4.79 Å². The van der Waals surface area contributed by atoms with Gasteiger partial charge in [0.2, 0.25) is 0 Å². The molecule has 0 saturated carbocycles. The molecular weight excluding hydrogens is 254 g/mol. The summed E-state index contributed by atoms with van der Waals surface area (Å²) in [6.07, 6.45) is 0. The summed E-state index contributed by atoms with van der Waals surface area (Å²) in [6.45, 7) is 1.12. The number of benzene rings is 1. The number of nitrogens with one attached hydrogen (secondary N) is 1. The number of pyridine rings is 1. The van der Waals surface area contributed by atoms with Crippen molar-refractivity contribution in [1.82, 2.24) is 10.3 Å². The molecule has 0 saturated heterocycles. The molecule has 100 valence electrons. The first kappa shape index (κ1) is 13.7. The Morgan fingerprint density at radius 2 is 1.95 bits per heavy atom. The van der Waals surface area contributed by atoms with Gasteiger partial charge in [-0.05, 0) is 29.8 Å². The first-order chi connectivity index (χ1) is 9.69. The van der Waals surface area contributed by atoms with Crippen LogP contribution in [-0.4, -0.2) is 16.1 Å². The highest BCUT2D eigenvalue weighted by Gasteiger charge is 2.04. The molecule has 5 heteroatoms. The molecule has 0 aliphatic rings. The quantitative estimate of drug-likeness (QED) is 0.864. The van der Waals surface area contributed by atoms with E-state index >= 15 is 0 Å². The minimum atomic E-state index is -1.03. The number of aromatic nitrogens is 1. The third-order valence-corrected chi connectivity index (χ3v) is 2.74. The highest BCUT2D eigenvalue weighted by molar-refractivity contribution is 5.85. The van der Waals surface area contributed by atoms with Crippen LogP contribution >= 0.6 is 0 Å². The molecule has 2 rings (SSSR count). The van der Waals surface area contributed by atoms with Crippen LogP contribution in [0, 0.1) is 11.3 Å². The van der Waals surface area contributed by atoms with Gasteiger partial charge in [0, 0.05) is 13.1 Å². The molecule has 0 aliphatic heterocycles. The summed E-state index contributed by atoms with van der Waals surface area (Å²) >= 11 is 0. The molecule has 0 spiro atoms. The molecule has 0 radical (unpaired) electrons. The number of aromatic carboxylic acids is 1. The Balaban J connectivity index is 1.90. The lowest BCUT2D eigenvalue weighted by molar-refractivity contribution is 0.0690. The van der Waals surface area contributed by atoms with Crippen molar-refractivity contribution in [3.8, 4) is 6.07 Å². The first-order valence-corrected chi connectivity index (χ1v) is 6.08. The van der Waals surface area contributed by atoms with E-state index in [0.29, 0.717) is 24.3 Å². The summed E-state index contributed by atoms with van der Waals surface area (Å²) < 4.78 is 0. The van der Waals surface area contributed by atoms with E-state index in [-0.39, 0.29) is 5.69 Å². The summed E-state index contributed by atoms with van der Waals surface area (Å²) in [7, 11) is 0. The predicted octanol–water partition coefficient (Wildman–Crippen LogP) is 1.94. The van der Waals surface area contributed by atoms with Gasteiger partial charge in [-0.2, -0.15) is 5.26 Å². The molecule has 0 atom stereocenters. The van der Waals surface area contributed by atoms with Crippen LogP contribution in [0.4, 0.5) is 0 Å². The predicted molar refractivity (Wildman–Crippen MR) is 72.9 cm³/mol. The van der Waals surface area contributed by atoms with Crippen molar-refractivity contribution in [3.05, 3.63) is 65.0 Å². The van der Waals surface area contributed by atoms with Gasteiger partial charge < -0.3 is 10.4 Å². The molecule has 1 aromatic carbocycles. The summed E-state index contributed by atoms with van der Waals surface area (Å²) in [4.78, 5) is 14.8. The second-order valence-electron chi connectivity index (χ2n) is 4.23. The van der Waals surface area contributed by atoms with E-state index in [2.05, 4.69) is 16.4 Å². The average Bonchev–Trinajstić information content (AvgIpc) is 2.48. The first-order valence-electron chi connectivity index (χ1n) is 6.08. The summed E-state index contributed by atoms with van der Waals surface area (Å²) in [5, 5.41) is 20.7. The lowest BCUT2D eigenvalue weighted by atomic mass is 10.1. The van der Waals surface area contributed by atoms with E-state index in [1.54, 1.807) is 24.3 Å². The van der Waals surface area contributed by atoms with Crippen molar-refractivity contribution < 1.29 is 9.90 Å². The van der Waals surface area contributed by atoms with Gasteiger partial charge in [0.05, 0.1) is 17.3 Å². The number of nitrogens with zero attached hydrogens (tertiary/aromatic N) is 2. The van der Waals surface area contributed by atoms with Crippen LogP contribution in [0.2, 0.25) is 0 Å². The van der Waals surface area contributed by atoms with Gasteiger partial charge in [-0.1, -0.05) is 18.2 Å². The Bertz CT molecular complexity index is 645. The summed E-state index contributed by atoms with van der Waals surface area (Å²) in [5.74, 6) is -1.03. The Labute approximate surface area is 116 Å². The lowest BCUT2D eigenvalue weighted by Gasteiger charge is -2.05. The van der Waals surface area contributed by atoms with Gasteiger partial charge in [-0.25, -0.2) is 9.78 Å². The SMILES string of the molecule is N#Cc1ccc(CNCc2cccc(C(=O)O)n2)cc1. The van der Waals surface area contributed by atoms with Gasteiger partial charge in [0.1, 0.15) is 5.69 Å². The molecule has 0 fully saturated rings. The van der Waals surface area contributed by atoms with E-state index in [4.69, 9.17) is 10.4 Å². The van der Waals surface area contributed by atoms with Crippen molar-refractivity contribution >= 4 is 5.97 Å². The Hall–Kier alpha value is -2.71. The van der Waals surface area contributed by atoms with Crippen molar-refractivity contribution in [1.29, 1.82) is 5.26 Å². The number of carbonyl (C=O) groups is 1. The zero-order chi connectivity index (χ0) is 14.4. The van der Waals surface area contributed by atoms with Crippen LogP contribution in [-0.2, 0) is 13.1 Å². The number of carboxylic acid groups (broad SMARTS) is 1. The summed E-state index contributed by atoms with van der Waals surface area (Å²) in [6, 6.07) is 14.3.